The fraction of sp³-hybridized carbons (Fsp3) is 0.269. The normalized spacial score (nSPS) is 18.1. The van der Waals surface area contributed by atoms with Crippen LogP contribution in [0.3, 0.4) is 0 Å². The summed E-state index contributed by atoms with van der Waals surface area (Å²) in [6.07, 6.45) is 7.07. The Morgan fingerprint density at radius 1 is 1.12 bits per heavy atom. The standard InChI is InChI=1S/C26H24ClN3O2/c27-20-5-6-21-22(15-20)23(31)14-19-4-2-10-29-26(19)25(21)18-7-11-30(12-8-18)24(32)13-17-3-1-9-28-16-17/h1-6,9-10,15-16,23,31H,7-8,11-14H2. The summed E-state index contributed by atoms with van der Waals surface area (Å²) in [6, 6.07) is 13.5. The van der Waals surface area contributed by atoms with E-state index in [1.807, 2.05) is 47.4 Å². The molecule has 0 saturated carbocycles. The number of hydrogen-bond acceptors (Lipinski definition) is 4. The molecule has 1 fully saturated rings. The Morgan fingerprint density at radius 2 is 1.94 bits per heavy atom. The average Bonchev–Trinajstić information content (AvgIpc) is 2.93. The highest BCUT2D eigenvalue weighted by molar-refractivity contribution is 6.30. The molecule has 1 aromatic carbocycles. The molecule has 32 heavy (non-hydrogen) atoms. The first-order valence-corrected chi connectivity index (χ1v) is 11.3. The van der Waals surface area contributed by atoms with Gasteiger partial charge in [-0.05, 0) is 59.4 Å². The van der Waals surface area contributed by atoms with Gasteiger partial charge in [-0.15, -0.1) is 0 Å². The highest BCUT2D eigenvalue weighted by Crippen LogP contribution is 2.41. The van der Waals surface area contributed by atoms with Gasteiger partial charge in [0.05, 0.1) is 18.2 Å². The van der Waals surface area contributed by atoms with Crippen LogP contribution in [0.1, 0.15) is 46.9 Å². The van der Waals surface area contributed by atoms with Gasteiger partial charge in [0.2, 0.25) is 5.91 Å². The van der Waals surface area contributed by atoms with Gasteiger partial charge in [0.1, 0.15) is 0 Å². The Bertz CT molecular complexity index is 1180. The lowest BCUT2D eigenvalue weighted by Gasteiger charge is -2.30. The Balaban J connectivity index is 1.47. The maximum Gasteiger partial charge on any atom is 0.227 e. The van der Waals surface area contributed by atoms with E-state index in [4.69, 9.17) is 16.6 Å². The molecular formula is C26H24ClN3O2. The molecular weight excluding hydrogens is 422 g/mol. The van der Waals surface area contributed by atoms with Crippen molar-refractivity contribution in [3.63, 3.8) is 0 Å². The van der Waals surface area contributed by atoms with Crippen LogP contribution in [-0.2, 0) is 17.6 Å². The second-order valence-electron chi connectivity index (χ2n) is 8.36. The summed E-state index contributed by atoms with van der Waals surface area (Å²) in [4.78, 5) is 23.6. The van der Waals surface area contributed by atoms with Crippen LogP contribution < -0.4 is 0 Å². The number of carbonyl (C=O) groups excluding carboxylic acids is 1. The highest BCUT2D eigenvalue weighted by Gasteiger charge is 2.29. The number of hydrogen-bond donors (Lipinski definition) is 1. The number of benzene rings is 1. The summed E-state index contributed by atoms with van der Waals surface area (Å²) in [5.74, 6) is 0.129. The third kappa shape index (κ3) is 4.06. The van der Waals surface area contributed by atoms with E-state index in [1.165, 1.54) is 5.57 Å². The molecule has 6 heteroatoms. The fourth-order valence-corrected chi connectivity index (χ4v) is 4.91. The number of fused-ring (bicyclic) bond motifs is 2. The lowest BCUT2D eigenvalue weighted by Crippen LogP contribution is -2.37. The molecule has 1 atom stereocenters. The zero-order valence-electron chi connectivity index (χ0n) is 17.7. The Hall–Kier alpha value is -3.02. The van der Waals surface area contributed by atoms with Gasteiger partial charge in [-0.1, -0.05) is 35.4 Å². The van der Waals surface area contributed by atoms with Crippen LogP contribution in [0.15, 0.2) is 66.6 Å². The molecule has 1 aliphatic heterocycles. The molecule has 5 rings (SSSR count). The summed E-state index contributed by atoms with van der Waals surface area (Å²) in [6.45, 7) is 1.34. The van der Waals surface area contributed by atoms with Gasteiger partial charge in [0, 0.05) is 48.7 Å². The number of aliphatic hydroxyl groups is 1. The molecule has 1 amide bonds. The van der Waals surface area contributed by atoms with Crippen molar-refractivity contribution in [1.29, 1.82) is 0 Å². The van der Waals surface area contributed by atoms with Gasteiger partial charge in [-0.25, -0.2) is 0 Å². The van der Waals surface area contributed by atoms with Crippen molar-refractivity contribution < 1.29 is 9.90 Å². The van der Waals surface area contributed by atoms with Crippen LogP contribution in [0.25, 0.3) is 5.57 Å². The van der Waals surface area contributed by atoms with Crippen molar-refractivity contribution >= 4 is 23.1 Å². The van der Waals surface area contributed by atoms with E-state index in [2.05, 4.69) is 4.98 Å². The number of piperidine rings is 1. The first kappa shape index (κ1) is 20.9. The first-order valence-electron chi connectivity index (χ1n) is 10.9. The molecule has 1 N–H and O–H groups in total. The summed E-state index contributed by atoms with van der Waals surface area (Å²) < 4.78 is 0. The smallest absolute Gasteiger partial charge is 0.227 e. The Labute approximate surface area is 192 Å². The SMILES string of the molecule is O=C(Cc1cccnc1)N1CCC(=C2c3ccc(Cl)cc3C(O)Cc3cccnc32)CC1. The molecule has 1 aliphatic carbocycles. The largest absolute Gasteiger partial charge is 0.388 e. The molecule has 2 aromatic heterocycles. The number of aliphatic hydroxyl groups excluding tert-OH is 1. The van der Waals surface area contributed by atoms with Gasteiger partial charge >= 0.3 is 0 Å². The lowest BCUT2D eigenvalue weighted by atomic mass is 9.88. The van der Waals surface area contributed by atoms with Gasteiger partial charge in [-0.2, -0.15) is 0 Å². The van der Waals surface area contributed by atoms with Gasteiger partial charge in [0.15, 0.2) is 0 Å². The van der Waals surface area contributed by atoms with Gasteiger partial charge in [0.25, 0.3) is 0 Å². The first-order chi connectivity index (χ1) is 15.6. The van der Waals surface area contributed by atoms with Crippen LogP contribution in [0.4, 0.5) is 0 Å². The van der Waals surface area contributed by atoms with E-state index >= 15 is 0 Å². The minimum Gasteiger partial charge on any atom is -0.388 e. The molecule has 0 bridgehead atoms. The molecule has 0 radical (unpaired) electrons. The van der Waals surface area contributed by atoms with Crippen molar-refractivity contribution in [1.82, 2.24) is 14.9 Å². The fourth-order valence-electron chi connectivity index (χ4n) is 4.73. The second kappa shape index (κ2) is 8.85. The maximum absolute atomic E-state index is 12.8. The van der Waals surface area contributed by atoms with Gasteiger partial charge in [-0.3, -0.25) is 14.8 Å². The predicted molar refractivity (Wildman–Crippen MR) is 124 cm³/mol. The zero-order valence-corrected chi connectivity index (χ0v) is 18.4. The third-order valence-corrected chi connectivity index (χ3v) is 6.57. The van der Waals surface area contributed by atoms with Crippen molar-refractivity contribution in [3.8, 4) is 0 Å². The molecule has 1 saturated heterocycles. The molecule has 0 spiro atoms. The monoisotopic (exact) mass is 445 g/mol. The third-order valence-electron chi connectivity index (χ3n) is 6.33. The summed E-state index contributed by atoms with van der Waals surface area (Å²) in [5.41, 5.74) is 7.08. The van der Waals surface area contributed by atoms with Crippen LogP contribution in [0.2, 0.25) is 5.02 Å². The molecule has 5 nitrogen and oxygen atoms in total. The number of aromatic nitrogens is 2. The van der Waals surface area contributed by atoms with E-state index < -0.39 is 6.10 Å². The van der Waals surface area contributed by atoms with Gasteiger partial charge < -0.3 is 10.0 Å². The molecule has 1 unspecified atom stereocenters. The number of nitrogens with zero attached hydrogens (tertiary/aromatic N) is 3. The lowest BCUT2D eigenvalue weighted by molar-refractivity contribution is -0.130. The summed E-state index contributed by atoms with van der Waals surface area (Å²) in [5, 5.41) is 11.5. The topological polar surface area (TPSA) is 66.3 Å². The number of amides is 1. The summed E-state index contributed by atoms with van der Waals surface area (Å²) >= 11 is 6.27. The highest BCUT2D eigenvalue weighted by atomic mass is 35.5. The van der Waals surface area contributed by atoms with E-state index in [0.717, 1.165) is 46.4 Å². The van der Waals surface area contributed by atoms with Crippen LogP contribution in [-0.4, -0.2) is 39.0 Å². The minimum absolute atomic E-state index is 0.129. The average molecular weight is 446 g/mol. The number of halogens is 1. The van der Waals surface area contributed by atoms with Crippen molar-refractivity contribution in [3.05, 3.63) is 99.6 Å². The number of carbonyl (C=O) groups is 1. The molecule has 3 heterocycles. The second-order valence-corrected chi connectivity index (χ2v) is 8.80. The van der Waals surface area contributed by atoms with E-state index in [-0.39, 0.29) is 5.91 Å². The van der Waals surface area contributed by atoms with Crippen molar-refractivity contribution in [2.75, 3.05) is 13.1 Å². The minimum atomic E-state index is -0.633. The van der Waals surface area contributed by atoms with Crippen LogP contribution in [0.5, 0.6) is 0 Å². The zero-order chi connectivity index (χ0) is 22.1. The predicted octanol–water partition coefficient (Wildman–Crippen LogP) is 4.39. The molecule has 162 valence electrons. The Kier molecular flexibility index (Phi) is 5.77. The van der Waals surface area contributed by atoms with E-state index in [0.29, 0.717) is 31.0 Å². The Morgan fingerprint density at radius 3 is 2.72 bits per heavy atom. The summed E-state index contributed by atoms with van der Waals surface area (Å²) in [7, 11) is 0. The van der Waals surface area contributed by atoms with E-state index in [9.17, 15) is 9.90 Å². The van der Waals surface area contributed by atoms with Crippen molar-refractivity contribution in [2.24, 2.45) is 0 Å². The van der Waals surface area contributed by atoms with Crippen LogP contribution in [0, 0.1) is 0 Å². The quantitative estimate of drug-likeness (QED) is 0.635. The number of likely N-dealkylation sites (tertiary alicyclic amines) is 1. The molecule has 3 aromatic rings. The maximum atomic E-state index is 12.8. The van der Waals surface area contributed by atoms with Crippen molar-refractivity contribution in [2.45, 2.75) is 31.8 Å². The van der Waals surface area contributed by atoms with Crippen LogP contribution >= 0.6 is 11.6 Å². The number of pyridine rings is 2. The van der Waals surface area contributed by atoms with E-state index in [1.54, 1.807) is 18.6 Å². The number of rotatable bonds is 2. The molecule has 2 aliphatic rings.